The summed E-state index contributed by atoms with van der Waals surface area (Å²) in [7, 11) is 0. The Morgan fingerprint density at radius 2 is 2.08 bits per heavy atom. The molecule has 0 fully saturated rings. The Labute approximate surface area is 85.0 Å². The summed E-state index contributed by atoms with van der Waals surface area (Å²) in [5.41, 5.74) is 1.28. The van der Waals surface area contributed by atoms with Gasteiger partial charge in [-0.15, -0.1) is 0 Å². The summed E-state index contributed by atoms with van der Waals surface area (Å²) in [5, 5.41) is 0. The Morgan fingerprint density at radius 1 is 1.33 bits per heavy atom. The zero-order valence-corrected chi connectivity index (χ0v) is 8.87. The Morgan fingerprint density at radius 3 is 2.83 bits per heavy atom. The molecule has 0 N–H and O–H groups in total. The van der Waals surface area contributed by atoms with E-state index in [-0.39, 0.29) is 0 Å². The maximum Gasteiger partial charge on any atom is 0.231 e. The van der Waals surface area contributed by atoms with E-state index >= 15 is 0 Å². The van der Waals surface area contributed by atoms with Gasteiger partial charge in [-0.2, -0.15) is 0 Å². The van der Waals surface area contributed by atoms with Gasteiger partial charge >= 0.3 is 0 Å². The van der Waals surface area contributed by atoms with Crippen LogP contribution in [0.3, 0.4) is 0 Å². The molecule has 1 aliphatic heterocycles. The fourth-order valence-corrected chi connectivity index (χ4v) is 1.55. The van der Waals surface area contributed by atoms with Gasteiger partial charge in [0.2, 0.25) is 6.79 Å². The lowest BCUT2D eigenvalue weighted by atomic mass is 10.1. The molecule has 0 saturated heterocycles. The molecule has 1 aromatic rings. The number of fused-ring (bicyclic) bond motifs is 1. The molecule has 3 heteroatoms. The fraction of sp³-hybridized carbons (Fsp3) is 0.333. The van der Waals surface area contributed by atoms with Gasteiger partial charge in [-0.1, -0.05) is 28.7 Å². The van der Waals surface area contributed by atoms with Gasteiger partial charge in [0.05, 0.1) is 0 Å². The Hall–Kier alpha value is -0.450. The van der Waals surface area contributed by atoms with Crippen molar-refractivity contribution in [1.82, 2.24) is 0 Å². The summed E-state index contributed by atoms with van der Waals surface area (Å²) < 4.78 is 11.0. The van der Waals surface area contributed by atoms with E-state index in [1.807, 2.05) is 12.1 Å². The largest absolute Gasteiger partial charge is 0.454 e. The van der Waals surface area contributed by atoms with Crippen molar-refractivity contribution in [2.45, 2.75) is 10.8 Å². The molecule has 2 nitrogen and oxygen atoms in total. The molecule has 0 amide bonds. The average molecular weight is 276 g/mol. The van der Waals surface area contributed by atoms with Crippen molar-refractivity contribution in [3.05, 3.63) is 23.8 Å². The third-order valence-electron chi connectivity index (χ3n) is 1.86. The van der Waals surface area contributed by atoms with Crippen molar-refractivity contribution in [3.8, 4) is 11.5 Å². The van der Waals surface area contributed by atoms with Crippen LogP contribution in [0.5, 0.6) is 11.5 Å². The van der Waals surface area contributed by atoms with Crippen molar-refractivity contribution in [3.63, 3.8) is 0 Å². The summed E-state index contributed by atoms with van der Waals surface area (Å²) in [4.78, 5) is 0. The predicted octanol–water partition coefficient (Wildman–Crippen LogP) is 2.91. The second-order valence-corrected chi connectivity index (χ2v) is 4.60. The van der Waals surface area contributed by atoms with E-state index in [4.69, 9.17) is 9.47 Å². The maximum atomic E-state index is 5.26. The molecule has 0 bridgehead atoms. The highest BCUT2D eigenvalue weighted by Gasteiger charge is 2.14. The van der Waals surface area contributed by atoms with Crippen LogP contribution in [0.15, 0.2) is 18.2 Å². The number of ether oxygens (including phenoxy) is 2. The zero-order valence-electron chi connectivity index (χ0n) is 6.71. The lowest BCUT2D eigenvalue weighted by molar-refractivity contribution is 0.174. The molecule has 1 heterocycles. The first-order valence-electron chi connectivity index (χ1n) is 3.81. The second-order valence-electron chi connectivity index (χ2n) is 2.73. The maximum absolute atomic E-state index is 5.26. The molecule has 0 aliphatic carbocycles. The van der Waals surface area contributed by atoms with E-state index in [9.17, 15) is 0 Å². The lowest BCUT2D eigenvalue weighted by Crippen LogP contribution is -1.92. The Balaban J connectivity index is 2.39. The molecule has 0 aromatic heterocycles. The first-order valence-corrected chi connectivity index (χ1v) is 5.05. The van der Waals surface area contributed by atoms with E-state index in [1.165, 1.54) is 5.56 Å². The number of hydrogen-bond donors (Lipinski definition) is 0. The summed E-state index contributed by atoms with van der Waals surface area (Å²) in [5.74, 6) is 1.73. The topological polar surface area (TPSA) is 18.5 Å². The molecule has 1 atom stereocenters. The van der Waals surface area contributed by atoms with E-state index < -0.39 is 0 Å². The van der Waals surface area contributed by atoms with Crippen LogP contribution in [0.4, 0.5) is 0 Å². The van der Waals surface area contributed by atoms with Gasteiger partial charge in [-0.3, -0.25) is 0 Å². The molecule has 0 spiro atoms. The minimum Gasteiger partial charge on any atom is -0.454 e. The van der Waals surface area contributed by atoms with Crippen LogP contribution in [0.25, 0.3) is 0 Å². The first-order chi connectivity index (χ1) is 5.77. The number of hydrogen-bond acceptors (Lipinski definition) is 2. The van der Waals surface area contributed by atoms with Gasteiger partial charge in [0.25, 0.3) is 0 Å². The second kappa shape index (κ2) is 3.12. The minimum absolute atomic E-state index is 0.356. The van der Waals surface area contributed by atoms with Crippen molar-refractivity contribution >= 4 is 22.6 Å². The zero-order chi connectivity index (χ0) is 8.55. The molecule has 1 aliphatic rings. The third-order valence-corrected chi connectivity index (χ3v) is 2.58. The van der Waals surface area contributed by atoms with Crippen molar-refractivity contribution in [2.24, 2.45) is 0 Å². The van der Waals surface area contributed by atoms with Gasteiger partial charge in [0.15, 0.2) is 11.5 Å². The number of benzene rings is 1. The Kier molecular flexibility index (Phi) is 2.12. The van der Waals surface area contributed by atoms with Crippen LogP contribution < -0.4 is 9.47 Å². The lowest BCUT2D eigenvalue weighted by Gasteiger charge is -2.03. The minimum atomic E-state index is 0.356. The molecule has 12 heavy (non-hydrogen) atoms. The molecule has 0 unspecified atom stereocenters. The van der Waals surface area contributed by atoms with Crippen LogP contribution in [-0.4, -0.2) is 6.79 Å². The van der Waals surface area contributed by atoms with Crippen LogP contribution in [0.1, 0.15) is 16.4 Å². The summed E-state index contributed by atoms with van der Waals surface area (Å²) in [6.45, 7) is 2.51. The predicted molar refractivity (Wildman–Crippen MR) is 55.0 cm³/mol. The molecule has 2 rings (SSSR count). The molecular formula is C9H9IO2. The molecule has 0 radical (unpaired) electrons. The van der Waals surface area contributed by atoms with Gasteiger partial charge in [0, 0.05) is 3.92 Å². The summed E-state index contributed by atoms with van der Waals surface area (Å²) in [6, 6.07) is 6.08. The van der Waals surface area contributed by atoms with Gasteiger partial charge < -0.3 is 9.47 Å². The molecule has 1 aromatic carbocycles. The van der Waals surface area contributed by atoms with E-state index in [2.05, 4.69) is 35.6 Å². The van der Waals surface area contributed by atoms with Crippen molar-refractivity contribution in [2.75, 3.05) is 6.79 Å². The van der Waals surface area contributed by atoms with E-state index in [0.717, 1.165) is 11.5 Å². The molecular weight excluding hydrogens is 267 g/mol. The highest BCUT2D eigenvalue weighted by atomic mass is 127. The molecule has 0 saturated carbocycles. The van der Waals surface area contributed by atoms with Crippen LogP contribution >= 0.6 is 22.6 Å². The quantitative estimate of drug-likeness (QED) is 0.580. The smallest absolute Gasteiger partial charge is 0.231 e. The van der Waals surface area contributed by atoms with Crippen LogP contribution in [-0.2, 0) is 0 Å². The fourth-order valence-electron chi connectivity index (χ4n) is 1.16. The monoisotopic (exact) mass is 276 g/mol. The number of alkyl halides is 1. The molecule has 64 valence electrons. The average Bonchev–Trinajstić information content (AvgIpc) is 2.49. The Bertz CT molecular complexity index is 297. The highest BCUT2D eigenvalue weighted by Crippen LogP contribution is 2.35. The van der Waals surface area contributed by atoms with Gasteiger partial charge in [-0.25, -0.2) is 0 Å². The van der Waals surface area contributed by atoms with E-state index in [0.29, 0.717) is 10.7 Å². The SMILES string of the molecule is C[C@@H](I)c1ccc2c(c1)OCO2. The normalized spacial score (nSPS) is 16.2. The van der Waals surface area contributed by atoms with E-state index in [1.54, 1.807) is 0 Å². The summed E-state index contributed by atoms with van der Waals surface area (Å²) >= 11 is 2.38. The van der Waals surface area contributed by atoms with Crippen molar-refractivity contribution in [1.29, 1.82) is 0 Å². The first kappa shape index (κ1) is 8.16. The van der Waals surface area contributed by atoms with Crippen LogP contribution in [0, 0.1) is 0 Å². The van der Waals surface area contributed by atoms with Gasteiger partial charge in [0.1, 0.15) is 0 Å². The third kappa shape index (κ3) is 1.37. The highest BCUT2D eigenvalue weighted by molar-refractivity contribution is 14.1. The number of rotatable bonds is 1. The van der Waals surface area contributed by atoms with Crippen molar-refractivity contribution < 1.29 is 9.47 Å². The standard InChI is InChI=1S/C9H9IO2/c1-6(10)7-2-3-8-9(4-7)12-5-11-8/h2-4,6H,5H2,1H3/t6-/m1/s1. The van der Waals surface area contributed by atoms with Gasteiger partial charge in [-0.05, 0) is 24.6 Å². The van der Waals surface area contributed by atoms with Crippen LogP contribution in [0.2, 0.25) is 0 Å². The summed E-state index contributed by atoms with van der Waals surface area (Å²) in [6.07, 6.45) is 0. The number of halogens is 1.